The quantitative estimate of drug-likeness (QED) is 0.738. The molecular weight excluding hydrogens is 200 g/mol. The van der Waals surface area contributed by atoms with E-state index in [-0.39, 0.29) is 0 Å². The number of likely N-dealkylation sites (N-methyl/N-ethyl adjacent to an activating group) is 1. The first kappa shape index (κ1) is 13.2. The van der Waals surface area contributed by atoms with E-state index in [2.05, 4.69) is 47.3 Å². The second kappa shape index (κ2) is 6.66. The number of aromatic amines is 1. The summed E-state index contributed by atoms with van der Waals surface area (Å²) in [7, 11) is 0. The van der Waals surface area contributed by atoms with Gasteiger partial charge >= 0.3 is 0 Å². The summed E-state index contributed by atoms with van der Waals surface area (Å²) < 4.78 is 0. The molecule has 0 aliphatic carbocycles. The first-order chi connectivity index (χ1) is 7.65. The lowest BCUT2D eigenvalue weighted by atomic mass is 10.3. The van der Waals surface area contributed by atoms with Crippen molar-refractivity contribution in [1.82, 2.24) is 20.4 Å². The smallest absolute Gasteiger partial charge is 0.0762 e. The first-order valence-corrected chi connectivity index (χ1v) is 6.12. The molecule has 0 amide bonds. The molecule has 2 N–H and O–H groups in total. The first-order valence-electron chi connectivity index (χ1n) is 6.12. The molecule has 92 valence electrons. The van der Waals surface area contributed by atoms with Crippen LogP contribution in [0.15, 0.2) is 6.07 Å². The van der Waals surface area contributed by atoms with Crippen molar-refractivity contribution in [3.05, 3.63) is 17.5 Å². The van der Waals surface area contributed by atoms with Crippen LogP contribution in [0.4, 0.5) is 0 Å². The van der Waals surface area contributed by atoms with Crippen LogP contribution in [0.2, 0.25) is 0 Å². The van der Waals surface area contributed by atoms with E-state index in [9.17, 15) is 0 Å². The molecule has 1 rings (SSSR count). The molecule has 0 spiro atoms. The fourth-order valence-corrected chi connectivity index (χ4v) is 1.78. The van der Waals surface area contributed by atoms with Crippen LogP contribution in [0, 0.1) is 6.92 Å². The van der Waals surface area contributed by atoms with Gasteiger partial charge in [-0.1, -0.05) is 13.8 Å². The van der Waals surface area contributed by atoms with Gasteiger partial charge in [-0.15, -0.1) is 0 Å². The van der Waals surface area contributed by atoms with Crippen molar-refractivity contribution in [2.24, 2.45) is 0 Å². The van der Waals surface area contributed by atoms with Crippen molar-refractivity contribution in [3.8, 4) is 0 Å². The van der Waals surface area contributed by atoms with Gasteiger partial charge in [0.1, 0.15) is 0 Å². The van der Waals surface area contributed by atoms with Crippen LogP contribution < -0.4 is 5.32 Å². The normalized spacial score (nSPS) is 13.3. The molecule has 0 aliphatic heterocycles. The predicted molar refractivity (Wildman–Crippen MR) is 67.4 cm³/mol. The third kappa shape index (κ3) is 4.33. The highest BCUT2D eigenvalue weighted by Gasteiger charge is 2.07. The van der Waals surface area contributed by atoms with Crippen molar-refractivity contribution in [1.29, 1.82) is 0 Å². The molecule has 1 aromatic heterocycles. The van der Waals surface area contributed by atoms with E-state index in [1.807, 2.05) is 6.92 Å². The number of hydrogen-bond donors (Lipinski definition) is 2. The summed E-state index contributed by atoms with van der Waals surface area (Å²) in [5, 5.41) is 10.6. The molecule has 0 aromatic carbocycles. The zero-order valence-corrected chi connectivity index (χ0v) is 10.9. The highest BCUT2D eigenvalue weighted by molar-refractivity contribution is 5.06. The topological polar surface area (TPSA) is 44.0 Å². The zero-order valence-electron chi connectivity index (χ0n) is 10.9. The molecule has 0 saturated carbocycles. The third-order valence-electron chi connectivity index (χ3n) is 2.82. The summed E-state index contributed by atoms with van der Waals surface area (Å²) in [6, 6.07) is 2.58. The summed E-state index contributed by atoms with van der Waals surface area (Å²) in [6.07, 6.45) is 0. The van der Waals surface area contributed by atoms with Gasteiger partial charge in [0.15, 0.2) is 0 Å². The number of hydrogen-bond acceptors (Lipinski definition) is 3. The molecule has 1 aromatic rings. The molecule has 1 unspecified atom stereocenters. The van der Waals surface area contributed by atoms with Gasteiger partial charge in [-0.25, -0.2) is 0 Å². The van der Waals surface area contributed by atoms with Crippen LogP contribution in [0.3, 0.4) is 0 Å². The minimum Gasteiger partial charge on any atom is -0.307 e. The van der Waals surface area contributed by atoms with Crippen molar-refractivity contribution >= 4 is 0 Å². The summed E-state index contributed by atoms with van der Waals surface area (Å²) in [5.41, 5.74) is 2.21. The van der Waals surface area contributed by atoms with Crippen LogP contribution in [-0.4, -0.2) is 40.8 Å². The van der Waals surface area contributed by atoms with E-state index in [1.165, 1.54) is 0 Å². The van der Waals surface area contributed by atoms with E-state index < -0.39 is 0 Å². The maximum absolute atomic E-state index is 4.21. The summed E-state index contributed by atoms with van der Waals surface area (Å²) >= 11 is 0. The second-order valence-electron chi connectivity index (χ2n) is 4.31. The highest BCUT2D eigenvalue weighted by atomic mass is 15.2. The minimum atomic E-state index is 0.497. The second-order valence-corrected chi connectivity index (χ2v) is 4.31. The van der Waals surface area contributed by atoms with E-state index in [4.69, 9.17) is 0 Å². The van der Waals surface area contributed by atoms with E-state index in [1.54, 1.807) is 0 Å². The monoisotopic (exact) mass is 224 g/mol. The molecule has 0 fully saturated rings. The van der Waals surface area contributed by atoms with Crippen molar-refractivity contribution in [3.63, 3.8) is 0 Å². The molecule has 0 saturated heterocycles. The van der Waals surface area contributed by atoms with Gasteiger partial charge in [0.25, 0.3) is 0 Å². The van der Waals surface area contributed by atoms with Gasteiger partial charge in [-0.3, -0.25) is 5.10 Å². The number of rotatable bonds is 7. The van der Waals surface area contributed by atoms with E-state index in [0.717, 1.165) is 37.6 Å². The Balaban J connectivity index is 2.26. The molecule has 0 aliphatic rings. The molecule has 4 nitrogen and oxygen atoms in total. The molecule has 4 heteroatoms. The van der Waals surface area contributed by atoms with Gasteiger partial charge in [0.05, 0.1) is 5.69 Å². The number of aromatic nitrogens is 2. The number of H-pyrrole nitrogens is 1. The molecule has 1 heterocycles. The largest absolute Gasteiger partial charge is 0.307 e. The fourth-order valence-electron chi connectivity index (χ4n) is 1.78. The summed E-state index contributed by atoms with van der Waals surface area (Å²) in [6.45, 7) is 12.8. The lowest BCUT2D eigenvalue weighted by molar-refractivity contribution is 0.270. The molecule has 0 bridgehead atoms. The standard InChI is InChI=1S/C12H24N4/c1-5-16(6-2)9-11(4)13-8-12-7-10(3)14-15-12/h7,11,13H,5-6,8-9H2,1-4H3,(H,14,15). The van der Waals surface area contributed by atoms with Gasteiger partial charge in [-0.05, 0) is 33.0 Å². The molecule has 0 radical (unpaired) electrons. The lowest BCUT2D eigenvalue weighted by Crippen LogP contribution is -2.38. The van der Waals surface area contributed by atoms with E-state index >= 15 is 0 Å². The van der Waals surface area contributed by atoms with Crippen LogP contribution >= 0.6 is 0 Å². The average Bonchev–Trinajstić information content (AvgIpc) is 2.69. The van der Waals surface area contributed by atoms with Crippen molar-refractivity contribution in [2.75, 3.05) is 19.6 Å². The van der Waals surface area contributed by atoms with Crippen molar-refractivity contribution in [2.45, 2.75) is 40.3 Å². The van der Waals surface area contributed by atoms with E-state index in [0.29, 0.717) is 6.04 Å². The summed E-state index contributed by atoms with van der Waals surface area (Å²) in [5.74, 6) is 0. The van der Waals surface area contributed by atoms with Gasteiger partial charge in [-0.2, -0.15) is 5.10 Å². The van der Waals surface area contributed by atoms with Crippen LogP contribution in [0.25, 0.3) is 0 Å². The third-order valence-corrected chi connectivity index (χ3v) is 2.82. The number of nitrogens with zero attached hydrogens (tertiary/aromatic N) is 2. The number of aryl methyl sites for hydroxylation is 1. The average molecular weight is 224 g/mol. The lowest BCUT2D eigenvalue weighted by Gasteiger charge is -2.23. The Kier molecular flexibility index (Phi) is 5.49. The van der Waals surface area contributed by atoms with Gasteiger partial charge < -0.3 is 10.2 Å². The Hall–Kier alpha value is -0.870. The van der Waals surface area contributed by atoms with Crippen LogP contribution in [-0.2, 0) is 6.54 Å². The summed E-state index contributed by atoms with van der Waals surface area (Å²) in [4.78, 5) is 2.42. The Morgan fingerprint density at radius 1 is 1.44 bits per heavy atom. The Morgan fingerprint density at radius 3 is 2.62 bits per heavy atom. The maximum Gasteiger partial charge on any atom is 0.0762 e. The Labute approximate surface area is 98.4 Å². The minimum absolute atomic E-state index is 0.497. The van der Waals surface area contributed by atoms with Gasteiger partial charge in [0.2, 0.25) is 0 Å². The van der Waals surface area contributed by atoms with Crippen molar-refractivity contribution < 1.29 is 0 Å². The number of nitrogens with one attached hydrogen (secondary N) is 2. The SMILES string of the molecule is CCN(CC)CC(C)NCc1cc(C)[nH]n1. The molecule has 1 atom stereocenters. The Morgan fingerprint density at radius 2 is 2.12 bits per heavy atom. The highest BCUT2D eigenvalue weighted by Crippen LogP contribution is 1.98. The molecule has 16 heavy (non-hydrogen) atoms. The predicted octanol–water partition coefficient (Wildman–Crippen LogP) is 1.54. The Bertz CT molecular complexity index is 291. The molecular formula is C12H24N4. The van der Waals surface area contributed by atoms with Crippen LogP contribution in [0.1, 0.15) is 32.2 Å². The van der Waals surface area contributed by atoms with Gasteiger partial charge in [0, 0.05) is 24.8 Å². The fraction of sp³-hybridized carbons (Fsp3) is 0.750. The zero-order chi connectivity index (χ0) is 12.0. The van der Waals surface area contributed by atoms with Crippen LogP contribution in [0.5, 0.6) is 0 Å². The maximum atomic E-state index is 4.21.